The Morgan fingerprint density at radius 2 is 1.66 bits per heavy atom. The van der Waals surface area contributed by atoms with E-state index in [0.717, 1.165) is 6.42 Å². The summed E-state index contributed by atoms with van der Waals surface area (Å²) >= 11 is 6.25. The Morgan fingerprint density at radius 1 is 1.03 bits per heavy atom. The Balaban J connectivity index is 1.89. The van der Waals surface area contributed by atoms with Gasteiger partial charge in [-0.05, 0) is 48.4 Å². The fraction of sp³-hybridized carbons (Fsp3) is 0.269. The fourth-order valence-electron chi connectivity index (χ4n) is 3.35. The summed E-state index contributed by atoms with van der Waals surface area (Å²) in [6.07, 6.45) is -0.163. The standard InChI is InChI=1S/C26H27ClN2O6/c1-5-12-33-25(16-6-8-17(9-7-16)26(29)34-15(2)28)24(30)20-11-10-19(35-20)18-13-21(31-3)23(27)22(14-18)32-4/h6-11,13-14,25,28-29H,5,12H2,1-4H3. The first-order valence-electron chi connectivity index (χ1n) is 10.9. The van der Waals surface area contributed by atoms with E-state index >= 15 is 0 Å². The van der Waals surface area contributed by atoms with Crippen LogP contribution in [0.1, 0.15) is 48.1 Å². The molecular formula is C26H27ClN2O6. The van der Waals surface area contributed by atoms with Crippen LogP contribution in [-0.4, -0.2) is 38.4 Å². The molecule has 0 fully saturated rings. The molecule has 0 saturated carbocycles. The van der Waals surface area contributed by atoms with Crippen molar-refractivity contribution in [3.8, 4) is 22.8 Å². The lowest BCUT2D eigenvalue weighted by Crippen LogP contribution is -2.17. The van der Waals surface area contributed by atoms with Crippen LogP contribution in [0.25, 0.3) is 11.3 Å². The van der Waals surface area contributed by atoms with Crippen molar-refractivity contribution in [2.75, 3.05) is 20.8 Å². The molecule has 0 amide bonds. The van der Waals surface area contributed by atoms with E-state index in [-0.39, 0.29) is 23.3 Å². The summed E-state index contributed by atoms with van der Waals surface area (Å²) in [6, 6.07) is 13.4. The van der Waals surface area contributed by atoms with E-state index in [1.54, 1.807) is 48.5 Å². The van der Waals surface area contributed by atoms with E-state index in [2.05, 4.69) is 0 Å². The molecule has 2 N–H and O–H groups in total. The van der Waals surface area contributed by atoms with Crippen molar-refractivity contribution in [3.05, 3.63) is 70.4 Å². The first-order valence-corrected chi connectivity index (χ1v) is 11.3. The Morgan fingerprint density at radius 3 is 2.20 bits per heavy atom. The third-order valence-corrected chi connectivity index (χ3v) is 5.41. The predicted molar refractivity (Wildman–Crippen MR) is 133 cm³/mol. The quantitative estimate of drug-likeness (QED) is 0.192. The highest BCUT2D eigenvalue weighted by molar-refractivity contribution is 6.33. The van der Waals surface area contributed by atoms with Gasteiger partial charge in [0.15, 0.2) is 11.7 Å². The number of carbonyl (C=O) groups excluding carboxylic acids is 1. The molecule has 0 spiro atoms. The lowest BCUT2D eigenvalue weighted by molar-refractivity contribution is 0.0385. The van der Waals surface area contributed by atoms with Crippen LogP contribution in [-0.2, 0) is 9.47 Å². The molecule has 9 heteroatoms. The smallest absolute Gasteiger partial charge is 0.231 e. The molecule has 0 bridgehead atoms. The molecule has 2 aromatic carbocycles. The molecule has 1 atom stereocenters. The Hall–Kier alpha value is -3.62. The highest BCUT2D eigenvalue weighted by Crippen LogP contribution is 2.39. The lowest BCUT2D eigenvalue weighted by atomic mass is 10.0. The van der Waals surface area contributed by atoms with E-state index in [4.69, 9.17) is 45.8 Å². The van der Waals surface area contributed by atoms with Crippen LogP contribution in [0.5, 0.6) is 11.5 Å². The number of nitrogens with one attached hydrogen (secondary N) is 2. The first-order chi connectivity index (χ1) is 16.8. The van der Waals surface area contributed by atoms with Crippen LogP contribution in [0.3, 0.4) is 0 Å². The maximum Gasteiger partial charge on any atom is 0.231 e. The summed E-state index contributed by atoms with van der Waals surface area (Å²) < 4.78 is 27.4. The van der Waals surface area contributed by atoms with Gasteiger partial charge in [0.05, 0.1) is 14.2 Å². The molecule has 0 aliphatic rings. The third-order valence-electron chi connectivity index (χ3n) is 5.04. The first kappa shape index (κ1) is 26.0. The van der Waals surface area contributed by atoms with Crippen molar-refractivity contribution in [1.82, 2.24) is 0 Å². The van der Waals surface area contributed by atoms with Crippen molar-refractivity contribution in [2.24, 2.45) is 0 Å². The molecule has 1 unspecified atom stereocenters. The summed E-state index contributed by atoms with van der Waals surface area (Å²) in [5.41, 5.74) is 1.73. The van der Waals surface area contributed by atoms with Gasteiger partial charge in [-0.15, -0.1) is 0 Å². The second kappa shape index (κ2) is 11.7. The summed E-state index contributed by atoms with van der Waals surface area (Å²) in [5, 5.41) is 15.6. The Kier molecular flexibility index (Phi) is 8.68. The summed E-state index contributed by atoms with van der Waals surface area (Å²) in [6.45, 7) is 3.78. The molecule has 1 aromatic heterocycles. The van der Waals surface area contributed by atoms with Crippen molar-refractivity contribution < 1.29 is 28.2 Å². The predicted octanol–water partition coefficient (Wildman–Crippen LogP) is 6.31. The van der Waals surface area contributed by atoms with Crippen LogP contribution in [0.2, 0.25) is 5.02 Å². The largest absolute Gasteiger partial charge is 0.495 e. The second-order valence-electron chi connectivity index (χ2n) is 7.58. The average molecular weight is 499 g/mol. The van der Waals surface area contributed by atoms with E-state index in [1.165, 1.54) is 21.1 Å². The van der Waals surface area contributed by atoms with Gasteiger partial charge in [0, 0.05) is 24.7 Å². The number of benzene rings is 2. The van der Waals surface area contributed by atoms with Crippen LogP contribution < -0.4 is 9.47 Å². The Bertz CT molecular complexity index is 1190. The van der Waals surface area contributed by atoms with Gasteiger partial charge in [-0.25, -0.2) is 0 Å². The number of halogens is 1. The van der Waals surface area contributed by atoms with Crippen LogP contribution >= 0.6 is 11.6 Å². The maximum atomic E-state index is 13.4. The van der Waals surface area contributed by atoms with Gasteiger partial charge in [-0.2, -0.15) is 0 Å². The molecule has 0 radical (unpaired) electrons. The number of methoxy groups -OCH3 is 2. The number of rotatable bonds is 10. The van der Waals surface area contributed by atoms with Gasteiger partial charge in [-0.3, -0.25) is 15.6 Å². The molecule has 184 valence electrons. The van der Waals surface area contributed by atoms with Gasteiger partial charge >= 0.3 is 0 Å². The minimum absolute atomic E-state index is 0.0806. The summed E-state index contributed by atoms with van der Waals surface area (Å²) in [5.74, 6) is 0.845. The fourth-order valence-corrected chi connectivity index (χ4v) is 3.61. The van der Waals surface area contributed by atoms with Gasteiger partial charge in [0.2, 0.25) is 11.7 Å². The molecule has 35 heavy (non-hydrogen) atoms. The van der Waals surface area contributed by atoms with Gasteiger partial charge in [-0.1, -0.05) is 30.7 Å². The normalized spacial score (nSPS) is 11.6. The molecule has 0 saturated heterocycles. The van der Waals surface area contributed by atoms with Crippen LogP contribution in [0.4, 0.5) is 0 Å². The zero-order valence-corrected chi connectivity index (χ0v) is 20.7. The second-order valence-corrected chi connectivity index (χ2v) is 7.96. The van der Waals surface area contributed by atoms with Gasteiger partial charge < -0.3 is 23.4 Å². The van der Waals surface area contributed by atoms with E-state index in [9.17, 15) is 4.79 Å². The van der Waals surface area contributed by atoms with Crippen molar-refractivity contribution in [3.63, 3.8) is 0 Å². The number of furan rings is 1. The summed E-state index contributed by atoms with van der Waals surface area (Å²) in [4.78, 5) is 13.4. The van der Waals surface area contributed by atoms with Crippen LogP contribution in [0.15, 0.2) is 52.9 Å². The summed E-state index contributed by atoms with van der Waals surface area (Å²) in [7, 11) is 3.00. The maximum absolute atomic E-state index is 13.4. The molecule has 0 aliphatic carbocycles. The SMILES string of the molecule is CCCOC(C(=O)c1ccc(-c2cc(OC)c(Cl)c(OC)c2)o1)c1ccc(C(=N)OC(C)=N)cc1. The number of hydrogen-bond acceptors (Lipinski definition) is 8. The van der Waals surface area contributed by atoms with Crippen molar-refractivity contribution in [2.45, 2.75) is 26.4 Å². The Labute approximate surface area is 208 Å². The van der Waals surface area contributed by atoms with E-state index < -0.39 is 6.10 Å². The minimum atomic E-state index is -0.892. The van der Waals surface area contributed by atoms with E-state index in [1.807, 2.05) is 6.92 Å². The number of carbonyl (C=O) groups is 1. The monoisotopic (exact) mass is 498 g/mol. The zero-order chi connectivity index (χ0) is 25.5. The number of Topliss-reactive ketones (excluding diaryl/α,β-unsaturated/α-hetero) is 1. The lowest BCUT2D eigenvalue weighted by Gasteiger charge is -2.16. The molecule has 0 aliphatic heterocycles. The third kappa shape index (κ3) is 6.09. The van der Waals surface area contributed by atoms with Gasteiger partial charge in [0.25, 0.3) is 0 Å². The molecule has 1 heterocycles. The molecule has 8 nitrogen and oxygen atoms in total. The molecular weight excluding hydrogens is 472 g/mol. The van der Waals surface area contributed by atoms with Crippen molar-refractivity contribution in [1.29, 1.82) is 10.8 Å². The highest BCUT2D eigenvalue weighted by atomic mass is 35.5. The number of ether oxygens (including phenoxy) is 4. The average Bonchev–Trinajstić information content (AvgIpc) is 3.34. The van der Waals surface area contributed by atoms with E-state index in [0.29, 0.717) is 45.6 Å². The van der Waals surface area contributed by atoms with Crippen molar-refractivity contribution >= 4 is 29.2 Å². The molecule has 3 aromatic rings. The van der Waals surface area contributed by atoms with Gasteiger partial charge in [0.1, 0.15) is 28.4 Å². The minimum Gasteiger partial charge on any atom is -0.495 e. The highest BCUT2D eigenvalue weighted by Gasteiger charge is 2.26. The topological polar surface area (TPSA) is 115 Å². The number of ketones is 1. The number of hydrogen-bond donors (Lipinski definition) is 2. The van der Waals surface area contributed by atoms with Crippen LogP contribution in [0, 0.1) is 10.8 Å². The zero-order valence-electron chi connectivity index (χ0n) is 19.9. The molecule has 3 rings (SSSR count).